The fraction of sp³-hybridized carbons (Fsp3) is 0.267. The fourth-order valence-corrected chi connectivity index (χ4v) is 2.27. The minimum absolute atomic E-state index is 0.0216. The first kappa shape index (κ1) is 18.8. The van der Waals surface area contributed by atoms with Gasteiger partial charge in [0.2, 0.25) is 0 Å². The number of aromatic nitrogens is 2. The Labute approximate surface area is 145 Å². The summed E-state index contributed by atoms with van der Waals surface area (Å²) in [5.41, 5.74) is -2.00. The van der Waals surface area contributed by atoms with Gasteiger partial charge >= 0.3 is 12.1 Å². The molecule has 0 saturated heterocycles. The van der Waals surface area contributed by atoms with Crippen molar-refractivity contribution >= 4 is 23.5 Å². The molecule has 2 aromatic rings. The highest BCUT2D eigenvalue weighted by atomic mass is 35.5. The van der Waals surface area contributed by atoms with Crippen LogP contribution >= 0.6 is 11.6 Å². The van der Waals surface area contributed by atoms with Crippen LogP contribution in [0.15, 0.2) is 30.5 Å². The van der Waals surface area contributed by atoms with Crippen LogP contribution in [0.2, 0.25) is 5.02 Å². The summed E-state index contributed by atoms with van der Waals surface area (Å²) in [6, 6.07) is 4.11. The normalized spacial score (nSPS) is 12.7. The number of carbonyl (C=O) groups excluding carboxylic acids is 1. The van der Waals surface area contributed by atoms with Gasteiger partial charge in [0, 0.05) is 5.02 Å². The maximum Gasteiger partial charge on any atom is 0.434 e. The van der Waals surface area contributed by atoms with Gasteiger partial charge in [-0.05, 0) is 30.7 Å². The van der Waals surface area contributed by atoms with E-state index in [1.807, 2.05) is 0 Å². The van der Waals surface area contributed by atoms with E-state index in [0.29, 0.717) is 9.70 Å². The van der Waals surface area contributed by atoms with Gasteiger partial charge in [-0.25, -0.2) is 9.48 Å². The second kappa shape index (κ2) is 7.14. The summed E-state index contributed by atoms with van der Waals surface area (Å²) in [5.74, 6) is -2.50. The van der Waals surface area contributed by atoms with Crippen molar-refractivity contribution < 1.29 is 27.9 Å². The lowest BCUT2D eigenvalue weighted by molar-refractivity contribution is -0.143. The average Bonchev–Trinajstić information content (AvgIpc) is 2.98. The summed E-state index contributed by atoms with van der Waals surface area (Å²) >= 11 is 5.72. The first-order valence-corrected chi connectivity index (χ1v) is 7.47. The van der Waals surface area contributed by atoms with Gasteiger partial charge in [0.1, 0.15) is 6.04 Å². The van der Waals surface area contributed by atoms with E-state index in [1.54, 1.807) is 0 Å². The van der Waals surface area contributed by atoms with Crippen LogP contribution in [-0.2, 0) is 11.0 Å². The smallest absolute Gasteiger partial charge is 0.434 e. The SMILES string of the molecule is CCC(NC(=O)c1cnn(-c2ccc(Cl)cc2)c1C(F)(F)F)C(=O)O. The maximum absolute atomic E-state index is 13.5. The van der Waals surface area contributed by atoms with E-state index in [9.17, 15) is 22.8 Å². The summed E-state index contributed by atoms with van der Waals surface area (Å²) < 4.78 is 40.9. The molecule has 0 fully saturated rings. The molecule has 1 heterocycles. The summed E-state index contributed by atoms with van der Waals surface area (Å²) in [6.45, 7) is 1.49. The van der Waals surface area contributed by atoms with Gasteiger partial charge in [0.25, 0.3) is 5.91 Å². The number of nitrogens with one attached hydrogen (secondary N) is 1. The van der Waals surface area contributed by atoms with Gasteiger partial charge in [-0.15, -0.1) is 0 Å². The van der Waals surface area contributed by atoms with Gasteiger partial charge in [-0.3, -0.25) is 4.79 Å². The van der Waals surface area contributed by atoms with Crippen LogP contribution in [0.5, 0.6) is 0 Å². The number of rotatable bonds is 5. The minimum atomic E-state index is -4.88. The van der Waals surface area contributed by atoms with Gasteiger partial charge < -0.3 is 10.4 Å². The molecule has 134 valence electrons. The molecule has 0 radical (unpaired) electrons. The second-order valence-corrected chi connectivity index (χ2v) is 5.50. The number of hydrogen-bond donors (Lipinski definition) is 2. The Balaban J connectivity index is 2.48. The van der Waals surface area contributed by atoms with E-state index in [1.165, 1.54) is 31.2 Å². The monoisotopic (exact) mass is 375 g/mol. The molecule has 1 unspecified atom stereocenters. The molecule has 10 heteroatoms. The molecule has 2 N–H and O–H groups in total. The van der Waals surface area contributed by atoms with E-state index in [4.69, 9.17) is 16.7 Å². The number of carboxylic acid groups (broad SMARTS) is 1. The van der Waals surface area contributed by atoms with Gasteiger partial charge in [-0.2, -0.15) is 18.3 Å². The molecule has 0 aliphatic heterocycles. The van der Waals surface area contributed by atoms with E-state index in [2.05, 4.69) is 10.4 Å². The summed E-state index contributed by atoms with van der Waals surface area (Å²) in [6.07, 6.45) is -4.11. The number of halogens is 4. The molecule has 0 bridgehead atoms. The molecular weight excluding hydrogens is 363 g/mol. The van der Waals surface area contributed by atoms with Crippen LogP contribution in [0.3, 0.4) is 0 Å². The van der Waals surface area contributed by atoms with Crippen molar-refractivity contribution in [2.45, 2.75) is 25.6 Å². The van der Waals surface area contributed by atoms with Crippen molar-refractivity contribution in [3.63, 3.8) is 0 Å². The van der Waals surface area contributed by atoms with Crippen LogP contribution < -0.4 is 5.32 Å². The number of hydrogen-bond acceptors (Lipinski definition) is 3. The van der Waals surface area contributed by atoms with E-state index >= 15 is 0 Å². The van der Waals surface area contributed by atoms with Crippen molar-refractivity contribution in [1.82, 2.24) is 15.1 Å². The van der Waals surface area contributed by atoms with Crippen molar-refractivity contribution in [2.75, 3.05) is 0 Å². The molecule has 0 aliphatic carbocycles. The number of carboxylic acids is 1. The largest absolute Gasteiger partial charge is 0.480 e. The Bertz CT molecular complexity index is 788. The lowest BCUT2D eigenvalue weighted by atomic mass is 10.1. The quantitative estimate of drug-likeness (QED) is 0.841. The maximum atomic E-state index is 13.5. The molecule has 1 aromatic carbocycles. The molecule has 1 amide bonds. The number of amides is 1. The third-order valence-electron chi connectivity index (χ3n) is 3.37. The first-order chi connectivity index (χ1) is 11.6. The standard InChI is InChI=1S/C15H13ClF3N3O3/c1-2-11(14(24)25)21-13(23)10-7-20-22(12(10)15(17,18)19)9-5-3-8(16)4-6-9/h3-7,11H,2H2,1H3,(H,21,23)(H,24,25). The fourth-order valence-electron chi connectivity index (χ4n) is 2.14. The zero-order valence-corrected chi connectivity index (χ0v) is 13.6. The predicted octanol–water partition coefficient (Wildman–Crippen LogP) is 3.14. The zero-order chi connectivity index (χ0) is 18.8. The Morgan fingerprint density at radius 2 is 1.92 bits per heavy atom. The summed E-state index contributed by atoms with van der Waals surface area (Å²) in [5, 5.41) is 14.9. The summed E-state index contributed by atoms with van der Waals surface area (Å²) in [7, 11) is 0. The minimum Gasteiger partial charge on any atom is -0.480 e. The van der Waals surface area contributed by atoms with Crippen LogP contribution in [0.1, 0.15) is 29.4 Å². The summed E-state index contributed by atoms with van der Waals surface area (Å²) in [4.78, 5) is 23.1. The van der Waals surface area contributed by atoms with Crippen molar-refractivity contribution in [3.8, 4) is 5.69 Å². The molecule has 0 spiro atoms. The van der Waals surface area contributed by atoms with Gasteiger partial charge in [0.15, 0.2) is 5.69 Å². The molecule has 2 rings (SSSR count). The molecule has 1 atom stereocenters. The Morgan fingerprint density at radius 3 is 2.40 bits per heavy atom. The van der Waals surface area contributed by atoms with Crippen molar-refractivity contribution in [3.05, 3.63) is 46.7 Å². The van der Waals surface area contributed by atoms with Crippen LogP contribution in [-0.4, -0.2) is 32.8 Å². The van der Waals surface area contributed by atoms with E-state index in [0.717, 1.165) is 6.20 Å². The number of carbonyl (C=O) groups is 2. The second-order valence-electron chi connectivity index (χ2n) is 5.07. The predicted molar refractivity (Wildman–Crippen MR) is 82.8 cm³/mol. The lowest BCUT2D eigenvalue weighted by Gasteiger charge is -2.15. The number of aliphatic carboxylic acids is 1. The molecule has 0 aliphatic rings. The third kappa shape index (κ3) is 4.11. The molecule has 0 saturated carbocycles. The highest BCUT2D eigenvalue weighted by molar-refractivity contribution is 6.30. The lowest BCUT2D eigenvalue weighted by Crippen LogP contribution is -2.40. The van der Waals surface area contributed by atoms with Crippen LogP contribution in [0.4, 0.5) is 13.2 Å². The number of benzene rings is 1. The highest BCUT2D eigenvalue weighted by Crippen LogP contribution is 2.33. The topological polar surface area (TPSA) is 84.2 Å². The zero-order valence-electron chi connectivity index (χ0n) is 12.8. The van der Waals surface area contributed by atoms with Crippen molar-refractivity contribution in [2.24, 2.45) is 0 Å². The number of nitrogens with zero attached hydrogens (tertiary/aromatic N) is 2. The van der Waals surface area contributed by atoms with Crippen LogP contribution in [0, 0.1) is 0 Å². The average molecular weight is 376 g/mol. The van der Waals surface area contributed by atoms with E-state index in [-0.39, 0.29) is 12.1 Å². The van der Waals surface area contributed by atoms with E-state index < -0.39 is 35.4 Å². The van der Waals surface area contributed by atoms with Crippen molar-refractivity contribution in [1.29, 1.82) is 0 Å². The molecule has 6 nitrogen and oxygen atoms in total. The third-order valence-corrected chi connectivity index (χ3v) is 3.62. The molecular formula is C15H13ClF3N3O3. The molecule has 25 heavy (non-hydrogen) atoms. The van der Waals surface area contributed by atoms with Gasteiger partial charge in [0.05, 0.1) is 17.4 Å². The Kier molecular flexibility index (Phi) is 5.36. The highest BCUT2D eigenvalue weighted by Gasteiger charge is 2.41. The Hall–Kier alpha value is -2.55. The Morgan fingerprint density at radius 1 is 1.32 bits per heavy atom. The first-order valence-electron chi connectivity index (χ1n) is 7.10. The van der Waals surface area contributed by atoms with Gasteiger partial charge in [-0.1, -0.05) is 18.5 Å². The molecule has 1 aromatic heterocycles. The number of alkyl halides is 3. The van der Waals surface area contributed by atoms with Crippen LogP contribution in [0.25, 0.3) is 5.69 Å².